The SMILES string of the molecule is CCOc1ccc(-c2cc(N)on2)cc1OCC. The van der Waals surface area contributed by atoms with E-state index in [9.17, 15) is 0 Å². The summed E-state index contributed by atoms with van der Waals surface area (Å²) in [5.74, 6) is 1.70. The fraction of sp³-hybridized carbons (Fsp3) is 0.308. The molecule has 2 N–H and O–H groups in total. The number of nitrogens with two attached hydrogens (primary N) is 1. The number of aromatic nitrogens is 1. The summed E-state index contributed by atoms with van der Waals surface area (Å²) in [5, 5.41) is 3.87. The van der Waals surface area contributed by atoms with E-state index in [4.69, 9.17) is 19.7 Å². The molecule has 18 heavy (non-hydrogen) atoms. The number of nitrogens with zero attached hydrogens (tertiary/aromatic N) is 1. The highest BCUT2D eigenvalue weighted by molar-refractivity contribution is 5.65. The summed E-state index contributed by atoms with van der Waals surface area (Å²) in [6, 6.07) is 7.29. The van der Waals surface area contributed by atoms with Crippen LogP contribution in [0, 0.1) is 0 Å². The molecule has 5 nitrogen and oxygen atoms in total. The Hall–Kier alpha value is -2.17. The topological polar surface area (TPSA) is 70.5 Å². The van der Waals surface area contributed by atoms with Crippen molar-refractivity contribution >= 4 is 5.88 Å². The molecular formula is C13H16N2O3. The van der Waals surface area contributed by atoms with Crippen molar-refractivity contribution in [2.45, 2.75) is 13.8 Å². The van der Waals surface area contributed by atoms with Crippen LogP contribution in [0.5, 0.6) is 11.5 Å². The molecular weight excluding hydrogens is 232 g/mol. The van der Waals surface area contributed by atoms with Crippen LogP contribution in [0.15, 0.2) is 28.8 Å². The fourth-order valence-electron chi connectivity index (χ4n) is 1.64. The minimum absolute atomic E-state index is 0.289. The Morgan fingerprint density at radius 2 is 1.83 bits per heavy atom. The minimum Gasteiger partial charge on any atom is -0.490 e. The Morgan fingerprint density at radius 3 is 2.44 bits per heavy atom. The van der Waals surface area contributed by atoms with Crippen molar-refractivity contribution in [1.29, 1.82) is 0 Å². The number of benzene rings is 1. The summed E-state index contributed by atoms with van der Waals surface area (Å²) in [4.78, 5) is 0. The van der Waals surface area contributed by atoms with Crippen LogP contribution in [0.4, 0.5) is 5.88 Å². The molecule has 0 aliphatic heterocycles. The van der Waals surface area contributed by atoms with Gasteiger partial charge in [-0.2, -0.15) is 0 Å². The lowest BCUT2D eigenvalue weighted by Crippen LogP contribution is -1.98. The predicted octanol–water partition coefficient (Wildman–Crippen LogP) is 2.72. The lowest BCUT2D eigenvalue weighted by Gasteiger charge is -2.11. The zero-order chi connectivity index (χ0) is 13.0. The van der Waals surface area contributed by atoms with Crippen molar-refractivity contribution in [2.24, 2.45) is 0 Å². The monoisotopic (exact) mass is 248 g/mol. The first-order chi connectivity index (χ1) is 8.74. The van der Waals surface area contributed by atoms with Crippen LogP contribution in [0.2, 0.25) is 0 Å². The maximum absolute atomic E-state index is 5.54. The van der Waals surface area contributed by atoms with Gasteiger partial charge in [0, 0.05) is 11.6 Å². The van der Waals surface area contributed by atoms with Gasteiger partial charge in [-0.15, -0.1) is 0 Å². The average molecular weight is 248 g/mol. The summed E-state index contributed by atoms with van der Waals surface area (Å²) < 4.78 is 15.9. The second-order valence-corrected chi connectivity index (χ2v) is 3.64. The normalized spacial score (nSPS) is 10.3. The van der Waals surface area contributed by atoms with Gasteiger partial charge in [0.25, 0.3) is 0 Å². The molecule has 0 spiro atoms. The smallest absolute Gasteiger partial charge is 0.222 e. The molecule has 0 radical (unpaired) electrons. The molecule has 0 saturated heterocycles. The van der Waals surface area contributed by atoms with E-state index in [1.54, 1.807) is 6.07 Å². The Labute approximate surface area is 105 Å². The van der Waals surface area contributed by atoms with Crippen LogP contribution in [-0.4, -0.2) is 18.4 Å². The van der Waals surface area contributed by atoms with Gasteiger partial charge in [0.05, 0.1) is 13.2 Å². The van der Waals surface area contributed by atoms with Crippen LogP contribution >= 0.6 is 0 Å². The van der Waals surface area contributed by atoms with Crippen molar-refractivity contribution in [3.05, 3.63) is 24.3 Å². The second-order valence-electron chi connectivity index (χ2n) is 3.64. The molecule has 0 atom stereocenters. The maximum Gasteiger partial charge on any atom is 0.222 e. The predicted molar refractivity (Wildman–Crippen MR) is 68.7 cm³/mol. The number of rotatable bonds is 5. The Kier molecular flexibility index (Phi) is 3.72. The third kappa shape index (κ3) is 2.56. The van der Waals surface area contributed by atoms with Gasteiger partial charge in [0.15, 0.2) is 11.5 Å². The van der Waals surface area contributed by atoms with Crippen molar-refractivity contribution in [3.63, 3.8) is 0 Å². The quantitative estimate of drug-likeness (QED) is 0.880. The van der Waals surface area contributed by atoms with Crippen LogP contribution in [0.3, 0.4) is 0 Å². The Balaban J connectivity index is 2.35. The van der Waals surface area contributed by atoms with Crippen molar-refractivity contribution < 1.29 is 14.0 Å². The van der Waals surface area contributed by atoms with Crippen LogP contribution in [0.25, 0.3) is 11.3 Å². The molecule has 0 fully saturated rings. The molecule has 96 valence electrons. The van der Waals surface area contributed by atoms with Crippen LogP contribution in [0.1, 0.15) is 13.8 Å². The zero-order valence-corrected chi connectivity index (χ0v) is 10.5. The van der Waals surface area contributed by atoms with E-state index in [0.717, 1.165) is 11.3 Å². The molecule has 5 heteroatoms. The minimum atomic E-state index is 0.289. The number of hydrogen-bond acceptors (Lipinski definition) is 5. The van der Waals surface area contributed by atoms with Gasteiger partial charge >= 0.3 is 0 Å². The largest absolute Gasteiger partial charge is 0.490 e. The Morgan fingerprint density at radius 1 is 1.11 bits per heavy atom. The summed E-state index contributed by atoms with van der Waals surface area (Å²) in [6.07, 6.45) is 0. The Bertz CT molecular complexity index is 523. The van der Waals surface area contributed by atoms with Crippen molar-refractivity contribution in [1.82, 2.24) is 5.16 Å². The summed E-state index contributed by atoms with van der Waals surface area (Å²) >= 11 is 0. The maximum atomic E-state index is 5.54. The van der Waals surface area contributed by atoms with Crippen LogP contribution < -0.4 is 15.2 Å². The first kappa shape index (κ1) is 12.3. The van der Waals surface area contributed by atoms with E-state index < -0.39 is 0 Å². The molecule has 1 aromatic heterocycles. The van der Waals surface area contributed by atoms with E-state index >= 15 is 0 Å². The molecule has 1 aromatic carbocycles. The molecule has 0 bridgehead atoms. The van der Waals surface area contributed by atoms with Gasteiger partial charge in [0.2, 0.25) is 5.88 Å². The second kappa shape index (κ2) is 5.44. The number of nitrogen functional groups attached to an aromatic ring is 1. The van der Waals surface area contributed by atoms with Crippen molar-refractivity contribution in [3.8, 4) is 22.8 Å². The molecule has 0 aliphatic rings. The van der Waals surface area contributed by atoms with Crippen LogP contribution in [-0.2, 0) is 0 Å². The van der Waals surface area contributed by atoms with E-state index in [1.165, 1.54) is 0 Å². The molecule has 0 aliphatic carbocycles. The summed E-state index contributed by atoms with van der Waals surface area (Å²) in [6.45, 7) is 5.03. The lowest BCUT2D eigenvalue weighted by molar-refractivity contribution is 0.288. The van der Waals surface area contributed by atoms with Gasteiger partial charge in [-0.25, -0.2) is 0 Å². The molecule has 2 aromatic rings. The van der Waals surface area contributed by atoms with Gasteiger partial charge in [-0.3, -0.25) is 0 Å². The molecule has 1 heterocycles. The van der Waals surface area contributed by atoms with Gasteiger partial charge in [-0.05, 0) is 32.0 Å². The average Bonchev–Trinajstić information content (AvgIpc) is 2.79. The van der Waals surface area contributed by atoms with Gasteiger partial charge < -0.3 is 19.7 Å². The lowest BCUT2D eigenvalue weighted by atomic mass is 10.1. The van der Waals surface area contributed by atoms with Gasteiger partial charge in [0.1, 0.15) is 5.69 Å². The van der Waals surface area contributed by atoms with E-state index in [0.29, 0.717) is 24.7 Å². The fourth-order valence-corrected chi connectivity index (χ4v) is 1.64. The number of hydrogen-bond donors (Lipinski definition) is 1. The highest BCUT2D eigenvalue weighted by atomic mass is 16.5. The van der Waals surface area contributed by atoms with Gasteiger partial charge in [-0.1, -0.05) is 5.16 Å². The molecule has 0 saturated carbocycles. The standard InChI is InChI=1S/C13H16N2O3/c1-3-16-11-6-5-9(7-12(11)17-4-2)10-8-13(14)18-15-10/h5-8H,3-4,14H2,1-2H3. The van der Waals surface area contributed by atoms with E-state index in [-0.39, 0.29) is 5.88 Å². The molecule has 2 rings (SSSR count). The first-order valence-electron chi connectivity index (χ1n) is 5.86. The number of anilines is 1. The molecule has 0 unspecified atom stereocenters. The summed E-state index contributed by atoms with van der Waals surface area (Å²) in [5.41, 5.74) is 7.06. The highest BCUT2D eigenvalue weighted by Crippen LogP contribution is 2.32. The zero-order valence-electron chi connectivity index (χ0n) is 10.5. The third-order valence-corrected chi connectivity index (χ3v) is 2.37. The van der Waals surface area contributed by atoms with Crippen molar-refractivity contribution in [2.75, 3.05) is 18.9 Å². The molecule has 0 amide bonds. The van der Waals surface area contributed by atoms with E-state index in [1.807, 2.05) is 32.0 Å². The first-order valence-corrected chi connectivity index (χ1v) is 5.86. The third-order valence-electron chi connectivity index (χ3n) is 2.37. The number of ether oxygens (including phenoxy) is 2. The highest BCUT2D eigenvalue weighted by Gasteiger charge is 2.10. The summed E-state index contributed by atoms with van der Waals surface area (Å²) in [7, 11) is 0. The van der Waals surface area contributed by atoms with E-state index in [2.05, 4.69) is 5.16 Å².